The first-order valence-electron chi connectivity index (χ1n) is 7.46. The van der Waals surface area contributed by atoms with Crippen LogP contribution in [0.15, 0.2) is 36.7 Å². The highest BCUT2D eigenvalue weighted by Gasteiger charge is 2.25. The zero-order chi connectivity index (χ0) is 18.4. The Bertz CT molecular complexity index is 793. The number of benzene rings is 1. The van der Waals surface area contributed by atoms with Crippen molar-refractivity contribution >= 4 is 17.7 Å². The summed E-state index contributed by atoms with van der Waals surface area (Å²) in [5, 5.41) is 0. The van der Waals surface area contributed by atoms with E-state index in [1.54, 1.807) is 6.92 Å². The molecule has 1 heterocycles. The number of amides is 1. The molecule has 8 heteroatoms. The van der Waals surface area contributed by atoms with Crippen LogP contribution in [0.25, 0.3) is 0 Å². The summed E-state index contributed by atoms with van der Waals surface area (Å²) in [5.41, 5.74) is -0.192. The molecule has 0 spiro atoms. The Kier molecular flexibility index (Phi) is 5.89. The van der Waals surface area contributed by atoms with Gasteiger partial charge in [-0.2, -0.15) is 0 Å². The van der Waals surface area contributed by atoms with Crippen molar-refractivity contribution in [1.29, 1.82) is 0 Å². The normalized spacial score (nSPS) is 10.2. The predicted octanol–water partition coefficient (Wildman–Crippen LogP) is 1.48. The van der Waals surface area contributed by atoms with E-state index in [1.165, 1.54) is 31.6 Å². The van der Waals surface area contributed by atoms with Gasteiger partial charge in [-0.15, -0.1) is 0 Å². The van der Waals surface area contributed by atoms with Crippen LogP contribution in [0.1, 0.15) is 33.5 Å². The number of carbonyl (C=O) groups excluding carboxylic acids is 3. The fourth-order valence-corrected chi connectivity index (χ4v) is 2.05. The SMILES string of the molecule is CCOC(=O)CN(C)C(=O)c1nccnc1C(=O)c1ccc(F)cc1. The lowest BCUT2D eigenvalue weighted by molar-refractivity contribution is -0.143. The van der Waals surface area contributed by atoms with E-state index < -0.39 is 23.5 Å². The average molecular weight is 345 g/mol. The minimum atomic E-state index is -0.647. The summed E-state index contributed by atoms with van der Waals surface area (Å²) in [6, 6.07) is 4.86. The molecule has 130 valence electrons. The molecule has 7 nitrogen and oxygen atoms in total. The molecular weight excluding hydrogens is 329 g/mol. The lowest BCUT2D eigenvalue weighted by atomic mass is 10.1. The second kappa shape index (κ2) is 8.09. The molecule has 0 saturated carbocycles. The zero-order valence-electron chi connectivity index (χ0n) is 13.7. The van der Waals surface area contributed by atoms with E-state index in [9.17, 15) is 18.8 Å². The summed E-state index contributed by atoms with van der Waals surface area (Å²) in [4.78, 5) is 45.5. The second-order valence-electron chi connectivity index (χ2n) is 5.06. The minimum absolute atomic E-state index is 0.170. The Balaban J connectivity index is 2.28. The average Bonchev–Trinajstić information content (AvgIpc) is 2.61. The topological polar surface area (TPSA) is 89.5 Å². The van der Waals surface area contributed by atoms with Gasteiger partial charge in [0.2, 0.25) is 5.78 Å². The third kappa shape index (κ3) is 4.43. The lowest BCUT2D eigenvalue weighted by Gasteiger charge is -2.16. The molecule has 1 amide bonds. The second-order valence-corrected chi connectivity index (χ2v) is 5.06. The number of rotatable bonds is 6. The van der Waals surface area contributed by atoms with Crippen LogP contribution in [-0.2, 0) is 9.53 Å². The molecule has 0 fully saturated rings. The van der Waals surface area contributed by atoms with E-state index in [1.807, 2.05) is 0 Å². The van der Waals surface area contributed by atoms with E-state index in [2.05, 4.69) is 9.97 Å². The van der Waals surface area contributed by atoms with Gasteiger partial charge in [0, 0.05) is 25.0 Å². The Hall–Kier alpha value is -3.16. The molecule has 0 radical (unpaired) electrons. The third-order valence-electron chi connectivity index (χ3n) is 3.24. The number of hydrogen-bond acceptors (Lipinski definition) is 6. The quantitative estimate of drug-likeness (QED) is 0.582. The fourth-order valence-electron chi connectivity index (χ4n) is 2.05. The summed E-state index contributed by atoms with van der Waals surface area (Å²) in [5.74, 6) is -2.28. The molecule has 0 N–H and O–H groups in total. The number of carbonyl (C=O) groups is 3. The maximum atomic E-state index is 13.0. The van der Waals surface area contributed by atoms with Gasteiger partial charge in [-0.05, 0) is 31.2 Å². The number of ether oxygens (including phenoxy) is 1. The van der Waals surface area contributed by atoms with Gasteiger partial charge < -0.3 is 9.64 Å². The van der Waals surface area contributed by atoms with E-state index >= 15 is 0 Å². The van der Waals surface area contributed by atoms with Crippen molar-refractivity contribution in [3.8, 4) is 0 Å². The Labute approximate surface area is 143 Å². The van der Waals surface area contributed by atoms with Crippen LogP contribution in [-0.4, -0.2) is 52.7 Å². The predicted molar refractivity (Wildman–Crippen MR) is 85.5 cm³/mol. The molecule has 0 saturated heterocycles. The van der Waals surface area contributed by atoms with Gasteiger partial charge in [0.05, 0.1) is 6.61 Å². The Morgan fingerprint density at radius 1 is 1.08 bits per heavy atom. The van der Waals surface area contributed by atoms with Gasteiger partial charge in [0.25, 0.3) is 5.91 Å². The van der Waals surface area contributed by atoms with Crippen molar-refractivity contribution in [3.05, 3.63) is 59.4 Å². The standard InChI is InChI=1S/C17H16FN3O4/c1-3-25-13(22)10-21(2)17(24)15-14(19-8-9-20-15)16(23)11-4-6-12(18)7-5-11/h4-9H,3,10H2,1-2H3. The van der Waals surface area contributed by atoms with Gasteiger partial charge in [-0.25, -0.2) is 14.4 Å². The molecule has 0 atom stereocenters. The van der Waals surface area contributed by atoms with Crippen LogP contribution in [0.5, 0.6) is 0 Å². The number of ketones is 1. The number of nitrogens with zero attached hydrogens (tertiary/aromatic N) is 3. The summed E-state index contributed by atoms with van der Waals surface area (Å²) in [6.07, 6.45) is 2.55. The van der Waals surface area contributed by atoms with Gasteiger partial charge in [-0.3, -0.25) is 14.4 Å². The zero-order valence-corrected chi connectivity index (χ0v) is 13.7. The van der Waals surface area contributed by atoms with Crippen molar-refractivity contribution in [1.82, 2.24) is 14.9 Å². The van der Waals surface area contributed by atoms with Gasteiger partial charge in [-0.1, -0.05) is 0 Å². The van der Waals surface area contributed by atoms with E-state index in [0.29, 0.717) is 0 Å². The summed E-state index contributed by atoms with van der Waals surface area (Å²) in [7, 11) is 1.39. The third-order valence-corrected chi connectivity index (χ3v) is 3.24. The van der Waals surface area contributed by atoms with E-state index in [4.69, 9.17) is 4.74 Å². The maximum absolute atomic E-state index is 13.0. The van der Waals surface area contributed by atoms with Crippen LogP contribution >= 0.6 is 0 Å². The molecular formula is C17H16FN3O4. The molecule has 2 aromatic rings. The molecule has 25 heavy (non-hydrogen) atoms. The number of hydrogen-bond donors (Lipinski definition) is 0. The van der Waals surface area contributed by atoms with Crippen molar-refractivity contribution < 1.29 is 23.5 Å². The first-order valence-corrected chi connectivity index (χ1v) is 7.46. The van der Waals surface area contributed by atoms with E-state index in [-0.39, 0.29) is 30.1 Å². The monoisotopic (exact) mass is 345 g/mol. The number of halogens is 1. The first kappa shape index (κ1) is 18.2. The minimum Gasteiger partial charge on any atom is -0.465 e. The lowest BCUT2D eigenvalue weighted by Crippen LogP contribution is -2.34. The molecule has 0 unspecified atom stereocenters. The van der Waals surface area contributed by atoms with Gasteiger partial charge >= 0.3 is 5.97 Å². The summed E-state index contributed by atoms with van der Waals surface area (Å²) >= 11 is 0. The van der Waals surface area contributed by atoms with Crippen LogP contribution in [0, 0.1) is 5.82 Å². The van der Waals surface area contributed by atoms with Crippen molar-refractivity contribution in [2.75, 3.05) is 20.2 Å². The van der Waals surface area contributed by atoms with Crippen molar-refractivity contribution in [2.45, 2.75) is 6.92 Å². The maximum Gasteiger partial charge on any atom is 0.325 e. The molecule has 1 aromatic heterocycles. The fraction of sp³-hybridized carbons (Fsp3) is 0.235. The number of esters is 1. The molecule has 0 bridgehead atoms. The van der Waals surface area contributed by atoms with E-state index in [0.717, 1.165) is 17.0 Å². The van der Waals surface area contributed by atoms with Crippen LogP contribution in [0.2, 0.25) is 0 Å². The first-order chi connectivity index (χ1) is 11.9. The van der Waals surface area contributed by atoms with Crippen molar-refractivity contribution in [3.63, 3.8) is 0 Å². The van der Waals surface area contributed by atoms with Crippen LogP contribution in [0.4, 0.5) is 4.39 Å². The smallest absolute Gasteiger partial charge is 0.325 e. The Morgan fingerprint density at radius 3 is 2.28 bits per heavy atom. The highest BCUT2D eigenvalue weighted by atomic mass is 19.1. The number of likely N-dealkylation sites (N-methyl/N-ethyl adjacent to an activating group) is 1. The van der Waals surface area contributed by atoms with Gasteiger partial charge in [0.15, 0.2) is 5.69 Å². The van der Waals surface area contributed by atoms with Gasteiger partial charge in [0.1, 0.15) is 18.1 Å². The molecule has 1 aromatic carbocycles. The highest BCUT2D eigenvalue weighted by Crippen LogP contribution is 2.13. The van der Waals surface area contributed by atoms with Crippen molar-refractivity contribution in [2.24, 2.45) is 0 Å². The molecule has 0 aliphatic rings. The Morgan fingerprint density at radius 2 is 1.68 bits per heavy atom. The highest BCUT2D eigenvalue weighted by molar-refractivity contribution is 6.13. The molecule has 2 rings (SSSR count). The summed E-state index contributed by atoms with van der Waals surface area (Å²) < 4.78 is 17.8. The molecule has 0 aliphatic heterocycles. The number of aromatic nitrogens is 2. The summed E-state index contributed by atoms with van der Waals surface area (Å²) in [6.45, 7) is 1.57. The largest absolute Gasteiger partial charge is 0.465 e. The van der Waals surface area contributed by atoms with Crippen LogP contribution in [0.3, 0.4) is 0 Å². The van der Waals surface area contributed by atoms with Crippen LogP contribution < -0.4 is 0 Å². The molecule has 0 aliphatic carbocycles.